The number of nitrogens with zero attached hydrogens (tertiary/aromatic N) is 5. The number of piperazine rings is 1. The van der Waals surface area contributed by atoms with Gasteiger partial charge in [0.25, 0.3) is 0 Å². The zero-order valence-electron chi connectivity index (χ0n) is 20.6. The second kappa shape index (κ2) is 11.4. The van der Waals surface area contributed by atoms with Crippen LogP contribution in [0.15, 0.2) is 84.9 Å². The van der Waals surface area contributed by atoms with Crippen LogP contribution in [-0.4, -0.2) is 52.9 Å². The third-order valence-corrected chi connectivity index (χ3v) is 7.38. The van der Waals surface area contributed by atoms with E-state index in [1.54, 1.807) is 0 Å². The van der Waals surface area contributed by atoms with Gasteiger partial charge in [-0.1, -0.05) is 78.9 Å². The highest BCUT2D eigenvalue weighted by Gasteiger charge is 2.25. The molecule has 5 rings (SSSR count). The molecular formula is C29H31N5OS. The van der Waals surface area contributed by atoms with Gasteiger partial charge in [0.1, 0.15) is 5.82 Å². The van der Waals surface area contributed by atoms with E-state index in [0.29, 0.717) is 19.5 Å². The van der Waals surface area contributed by atoms with Crippen LogP contribution in [0.2, 0.25) is 0 Å². The lowest BCUT2D eigenvalue weighted by molar-refractivity contribution is -0.130. The van der Waals surface area contributed by atoms with E-state index in [2.05, 4.69) is 69.6 Å². The first-order valence-corrected chi connectivity index (χ1v) is 13.2. The molecule has 1 aliphatic rings. The monoisotopic (exact) mass is 497 g/mol. The summed E-state index contributed by atoms with van der Waals surface area (Å²) in [6.45, 7) is 6.19. The molecule has 3 aromatic carbocycles. The molecule has 4 aromatic rings. The largest absolute Gasteiger partial charge is 0.368 e. The van der Waals surface area contributed by atoms with Gasteiger partial charge in [-0.3, -0.25) is 4.79 Å². The van der Waals surface area contributed by atoms with E-state index in [0.717, 1.165) is 42.7 Å². The molecule has 6 nitrogen and oxygen atoms in total. The fraction of sp³-hybridized carbons (Fsp3) is 0.276. The van der Waals surface area contributed by atoms with Crippen LogP contribution in [0.1, 0.15) is 22.5 Å². The van der Waals surface area contributed by atoms with Gasteiger partial charge >= 0.3 is 0 Å². The van der Waals surface area contributed by atoms with Crippen molar-refractivity contribution in [2.45, 2.75) is 19.9 Å². The Hall–Kier alpha value is -3.71. The number of aryl methyl sites for hydroxylation is 1. The van der Waals surface area contributed by atoms with Crippen molar-refractivity contribution in [1.29, 1.82) is 0 Å². The van der Waals surface area contributed by atoms with Crippen LogP contribution < -0.4 is 9.80 Å². The van der Waals surface area contributed by atoms with E-state index in [9.17, 15) is 4.79 Å². The maximum Gasteiger partial charge on any atom is 0.242 e. The van der Waals surface area contributed by atoms with Gasteiger partial charge in [-0.25, -0.2) is 4.98 Å². The van der Waals surface area contributed by atoms with Gasteiger partial charge in [-0.15, -0.1) is 0 Å². The number of hydrogen-bond acceptors (Lipinski definition) is 6. The smallest absolute Gasteiger partial charge is 0.242 e. The summed E-state index contributed by atoms with van der Waals surface area (Å²) in [6, 6.07) is 28.9. The van der Waals surface area contributed by atoms with Crippen molar-refractivity contribution in [2.24, 2.45) is 0 Å². The average molecular weight is 498 g/mol. The number of para-hydroxylation sites is 1. The number of benzene rings is 3. The molecule has 0 radical (unpaired) electrons. The van der Waals surface area contributed by atoms with E-state index in [1.807, 2.05) is 41.3 Å². The first kappa shape index (κ1) is 24.0. The summed E-state index contributed by atoms with van der Waals surface area (Å²) in [5, 5.41) is 0.789. The van der Waals surface area contributed by atoms with E-state index in [1.165, 1.54) is 28.3 Å². The molecule has 2 heterocycles. The number of hydrogen-bond donors (Lipinski definition) is 0. The second-order valence-electron chi connectivity index (χ2n) is 9.15. The first-order chi connectivity index (χ1) is 17.7. The molecule has 1 fully saturated rings. The van der Waals surface area contributed by atoms with Gasteiger partial charge in [0.05, 0.1) is 6.54 Å². The first-order valence-electron chi connectivity index (χ1n) is 12.4. The Morgan fingerprint density at radius 2 is 1.50 bits per heavy atom. The Bertz CT molecular complexity index is 1270. The zero-order chi connectivity index (χ0) is 24.7. The highest BCUT2D eigenvalue weighted by Crippen LogP contribution is 2.23. The Morgan fingerprint density at radius 1 is 0.861 bits per heavy atom. The van der Waals surface area contributed by atoms with Crippen LogP contribution in [0.25, 0.3) is 0 Å². The Kier molecular flexibility index (Phi) is 7.57. The summed E-state index contributed by atoms with van der Waals surface area (Å²) in [5.41, 5.74) is 4.86. The molecule has 36 heavy (non-hydrogen) atoms. The van der Waals surface area contributed by atoms with Gasteiger partial charge in [0, 0.05) is 56.4 Å². The fourth-order valence-corrected chi connectivity index (χ4v) is 5.28. The minimum absolute atomic E-state index is 0.134. The van der Waals surface area contributed by atoms with Gasteiger partial charge in [-0.2, -0.15) is 4.37 Å². The third-order valence-electron chi connectivity index (χ3n) is 6.56. The standard InChI is InChI=1S/C29H31N5OS/c1-23-10-8-9-15-26(23)32-16-18-33(19-17-32)28(35)22-34(21-25-13-6-3-7-14-25)29-30-27(31-36-29)20-24-11-4-2-5-12-24/h2-15H,16-22H2,1H3. The van der Waals surface area contributed by atoms with Crippen LogP contribution >= 0.6 is 11.5 Å². The number of anilines is 2. The van der Waals surface area contributed by atoms with Crippen molar-refractivity contribution in [3.05, 3.63) is 107 Å². The lowest BCUT2D eigenvalue weighted by Crippen LogP contribution is -2.51. The Morgan fingerprint density at radius 3 is 2.19 bits per heavy atom. The maximum atomic E-state index is 13.4. The second-order valence-corrected chi connectivity index (χ2v) is 9.88. The number of aromatic nitrogens is 2. The van der Waals surface area contributed by atoms with Gasteiger partial charge < -0.3 is 14.7 Å². The zero-order valence-corrected chi connectivity index (χ0v) is 21.4. The van der Waals surface area contributed by atoms with Crippen LogP contribution in [0, 0.1) is 6.92 Å². The van der Waals surface area contributed by atoms with Gasteiger partial charge in [-0.05, 0) is 29.7 Å². The SMILES string of the molecule is Cc1ccccc1N1CCN(C(=O)CN(Cc2ccccc2)c2nc(Cc3ccccc3)ns2)CC1. The molecule has 0 N–H and O–H groups in total. The number of carbonyl (C=O) groups excluding carboxylic acids is 1. The molecule has 0 unspecified atom stereocenters. The molecule has 184 valence electrons. The summed E-state index contributed by atoms with van der Waals surface area (Å²) < 4.78 is 4.60. The number of rotatable bonds is 8. The van der Waals surface area contributed by atoms with Crippen molar-refractivity contribution < 1.29 is 4.79 Å². The van der Waals surface area contributed by atoms with Gasteiger partial charge in [0.2, 0.25) is 11.0 Å². The van der Waals surface area contributed by atoms with E-state index >= 15 is 0 Å². The van der Waals surface area contributed by atoms with Gasteiger partial charge in [0.15, 0.2) is 0 Å². The molecule has 7 heteroatoms. The summed E-state index contributed by atoms with van der Waals surface area (Å²) in [4.78, 5) is 24.6. The summed E-state index contributed by atoms with van der Waals surface area (Å²) in [6.07, 6.45) is 0.686. The highest BCUT2D eigenvalue weighted by molar-refractivity contribution is 7.09. The molecule has 0 bridgehead atoms. The third kappa shape index (κ3) is 5.91. The minimum Gasteiger partial charge on any atom is -0.368 e. The molecule has 0 atom stereocenters. The predicted molar refractivity (Wildman–Crippen MR) is 147 cm³/mol. The molecule has 1 saturated heterocycles. The van der Waals surface area contributed by atoms with E-state index in [4.69, 9.17) is 4.98 Å². The van der Waals surface area contributed by atoms with Crippen LogP contribution in [0.3, 0.4) is 0 Å². The molecule has 0 spiro atoms. The van der Waals surface area contributed by atoms with Crippen molar-refractivity contribution in [2.75, 3.05) is 42.5 Å². The van der Waals surface area contributed by atoms with Crippen molar-refractivity contribution in [3.8, 4) is 0 Å². The van der Waals surface area contributed by atoms with Crippen molar-refractivity contribution in [3.63, 3.8) is 0 Å². The Balaban J connectivity index is 1.27. The Labute approximate surface area is 217 Å². The lowest BCUT2D eigenvalue weighted by Gasteiger charge is -2.37. The van der Waals surface area contributed by atoms with Crippen molar-refractivity contribution in [1.82, 2.24) is 14.3 Å². The number of amides is 1. The summed E-state index contributed by atoms with van der Waals surface area (Å²) in [5.74, 6) is 0.925. The normalized spacial score (nSPS) is 13.6. The molecular weight excluding hydrogens is 466 g/mol. The maximum absolute atomic E-state index is 13.4. The fourth-order valence-electron chi connectivity index (χ4n) is 4.60. The van der Waals surface area contributed by atoms with Crippen molar-refractivity contribution >= 4 is 28.3 Å². The molecule has 0 aliphatic carbocycles. The average Bonchev–Trinajstić information content (AvgIpc) is 3.38. The summed E-state index contributed by atoms with van der Waals surface area (Å²) in [7, 11) is 0. The number of carbonyl (C=O) groups is 1. The highest BCUT2D eigenvalue weighted by atomic mass is 32.1. The van der Waals surface area contributed by atoms with E-state index < -0.39 is 0 Å². The predicted octanol–water partition coefficient (Wildman–Crippen LogP) is 4.79. The minimum atomic E-state index is 0.134. The van der Waals surface area contributed by atoms with Crippen LogP contribution in [0.4, 0.5) is 10.8 Å². The lowest BCUT2D eigenvalue weighted by atomic mass is 10.1. The molecule has 1 aliphatic heterocycles. The van der Waals surface area contributed by atoms with Crippen LogP contribution in [-0.2, 0) is 17.8 Å². The topological polar surface area (TPSA) is 52.6 Å². The molecule has 1 amide bonds. The molecule has 1 aromatic heterocycles. The summed E-state index contributed by atoms with van der Waals surface area (Å²) >= 11 is 1.37. The van der Waals surface area contributed by atoms with Crippen LogP contribution in [0.5, 0.6) is 0 Å². The molecule has 0 saturated carbocycles. The van der Waals surface area contributed by atoms with E-state index in [-0.39, 0.29) is 5.91 Å². The quantitative estimate of drug-likeness (QED) is 0.350.